The molecule has 2 rings (SSSR count). The van der Waals surface area contributed by atoms with Gasteiger partial charge in [-0.2, -0.15) is 0 Å². The van der Waals surface area contributed by atoms with Crippen LogP contribution >= 0.6 is 0 Å². The molecule has 0 spiro atoms. The zero-order chi connectivity index (χ0) is 12.3. The van der Waals surface area contributed by atoms with E-state index in [2.05, 4.69) is 5.16 Å². The normalized spacial score (nSPS) is 20.6. The van der Waals surface area contributed by atoms with Crippen LogP contribution in [0.2, 0.25) is 0 Å². The zero-order valence-electron chi connectivity index (χ0n) is 10.2. The van der Waals surface area contributed by atoms with Crippen LogP contribution in [-0.2, 0) is 0 Å². The molecule has 5 heteroatoms. The first-order valence-electron chi connectivity index (χ1n) is 6.16. The molecule has 1 aliphatic rings. The van der Waals surface area contributed by atoms with E-state index < -0.39 is 0 Å². The Labute approximate surface area is 101 Å². The van der Waals surface area contributed by atoms with Crippen LogP contribution in [-0.4, -0.2) is 35.1 Å². The molecule has 1 atom stereocenters. The molecule has 1 saturated heterocycles. The number of carbonyl (C=O) groups is 1. The Morgan fingerprint density at radius 1 is 1.65 bits per heavy atom. The van der Waals surface area contributed by atoms with Crippen LogP contribution in [0.5, 0.6) is 0 Å². The molecule has 1 amide bonds. The molecule has 1 aromatic rings. The quantitative estimate of drug-likeness (QED) is 0.860. The Bertz CT molecular complexity index is 387. The highest BCUT2D eigenvalue weighted by Crippen LogP contribution is 2.21. The van der Waals surface area contributed by atoms with Crippen molar-refractivity contribution in [1.29, 1.82) is 0 Å². The van der Waals surface area contributed by atoms with Crippen molar-refractivity contribution in [3.63, 3.8) is 0 Å². The maximum Gasteiger partial charge on any atom is 0.292 e. The zero-order valence-corrected chi connectivity index (χ0v) is 10.2. The number of piperidine rings is 1. The van der Waals surface area contributed by atoms with Crippen LogP contribution in [0.25, 0.3) is 0 Å². The van der Waals surface area contributed by atoms with Gasteiger partial charge in [-0.25, -0.2) is 0 Å². The molecule has 0 aliphatic carbocycles. The molecule has 1 unspecified atom stereocenters. The van der Waals surface area contributed by atoms with E-state index in [4.69, 9.17) is 10.3 Å². The van der Waals surface area contributed by atoms with Crippen LogP contribution in [0.4, 0.5) is 0 Å². The van der Waals surface area contributed by atoms with Gasteiger partial charge in [0.25, 0.3) is 5.91 Å². The number of hydrogen-bond donors (Lipinski definition) is 1. The van der Waals surface area contributed by atoms with E-state index in [0.717, 1.165) is 31.5 Å². The molecule has 94 valence electrons. The lowest BCUT2D eigenvalue weighted by Gasteiger charge is -2.34. The number of aromatic nitrogens is 1. The van der Waals surface area contributed by atoms with E-state index in [0.29, 0.717) is 12.3 Å². The Morgan fingerprint density at radius 3 is 3.12 bits per heavy atom. The fraction of sp³-hybridized carbons (Fsp3) is 0.667. The second-order valence-electron chi connectivity index (χ2n) is 4.56. The minimum absolute atomic E-state index is 0.0521. The molecule has 0 aromatic carbocycles. The average Bonchev–Trinajstić information content (AvgIpc) is 2.76. The van der Waals surface area contributed by atoms with Gasteiger partial charge in [-0.3, -0.25) is 4.79 Å². The molecule has 0 radical (unpaired) electrons. The second kappa shape index (κ2) is 5.31. The maximum absolute atomic E-state index is 12.2. The molecule has 5 nitrogen and oxygen atoms in total. The van der Waals surface area contributed by atoms with Crippen molar-refractivity contribution in [2.24, 2.45) is 5.73 Å². The minimum atomic E-state index is -0.0521. The van der Waals surface area contributed by atoms with Gasteiger partial charge >= 0.3 is 0 Å². The fourth-order valence-electron chi connectivity index (χ4n) is 2.37. The van der Waals surface area contributed by atoms with Gasteiger partial charge in [0.15, 0.2) is 0 Å². The molecule has 2 N–H and O–H groups in total. The van der Waals surface area contributed by atoms with E-state index in [1.54, 1.807) is 6.07 Å². The van der Waals surface area contributed by atoms with Crippen molar-refractivity contribution in [1.82, 2.24) is 10.1 Å². The Morgan fingerprint density at radius 2 is 2.47 bits per heavy atom. The number of rotatable bonds is 3. The minimum Gasteiger partial charge on any atom is -0.351 e. The number of carbonyl (C=O) groups excluding carboxylic acids is 1. The number of likely N-dealkylation sites (tertiary alicyclic amines) is 1. The van der Waals surface area contributed by atoms with Crippen LogP contribution in [0.15, 0.2) is 10.6 Å². The van der Waals surface area contributed by atoms with Gasteiger partial charge in [0, 0.05) is 18.7 Å². The summed E-state index contributed by atoms with van der Waals surface area (Å²) in [6.07, 6.45) is 4.12. The first kappa shape index (κ1) is 12.1. The summed E-state index contributed by atoms with van der Waals surface area (Å²) in [5.74, 6) is 0.287. The standard InChI is InChI=1S/C12H19N3O2/c1-9-8-11(17-14-9)12(16)15-7-3-2-4-10(15)5-6-13/h8,10H,2-7,13H2,1H3. The molecule has 1 fully saturated rings. The van der Waals surface area contributed by atoms with E-state index in [-0.39, 0.29) is 11.9 Å². The summed E-state index contributed by atoms with van der Waals surface area (Å²) in [6, 6.07) is 1.95. The highest BCUT2D eigenvalue weighted by molar-refractivity contribution is 5.91. The third-order valence-corrected chi connectivity index (χ3v) is 3.23. The fourth-order valence-corrected chi connectivity index (χ4v) is 2.37. The molecule has 17 heavy (non-hydrogen) atoms. The molecule has 2 heterocycles. The van der Waals surface area contributed by atoms with Crippen molar-refractivity contribution in [2.75, 3.05) is 13.1 Å². The Balaban J connectivity index is 2.10. The molecule has 1 aromatic heterocycles. The molecule has 0 bridgehead atoms. The lowest BCUT2D eigenvalue weighted by atomic mass is 9.99. The first-order chi connectivity index (χ1) is 8.22. The van der Waals surface area contributed by atoms with Gasteiger partial charge in [0.2, 0.25) is 5.76 Å². The molecule has 1 aliphatic heterocycles. The first-order valence-corrected chi connectivity index (χ1v) is 6.16. The van der Waals surface area contributed by atoms with Crippen LogP contribution < -0.4 is 5.73 Å². The Hall–Kier alpha value is -1.36. The SMILES string of the molecule is Cc1cc(C(=O)N2CCCCC2CCN)on1. The smallest absolute Gasteiger partial charge is 0.292 e. The highest BCUT2D eigenvalue weighted by atomic mass is 16.5. The summed E-state index contributed by atoms with van der Waals surface area (Å²) < 4.78 is 5.03. The van der Waals surface area contributed by atoms with Crippen molar-refractivity contribution in [2.45, 2.75) is 38.6 Å². The van der Waals surface area contributed by atoms with Crippen molar-refractivity contribution in [3.05, 3.63) is 17.5 Å². The Kier molecular flexibility index (Phi) is 3.78. The predicted molar refractivity (Wildman–Crippen MR) is 63.6 cm³/mol. The van der Waals surface area contributed by atoms with E-state index in [1.165, 1.54) is 6.42 Å². The van der Waals surface area contributed by atoms with E-state index >= 15 is 0 Å². The van der Waals surface area contributed by atoms with Crippen LogP contribution in [0.1, 0.15) is 41.9 Å². The summed E-state index contributed by atoms with van der Waals surface area (Å²) in [5, 5.41) is 3.76. The van der Waals surface area contributed by atoms with E-state index in [1.807, 2.05) is 11.8 Å². The third-order valence-electron chi connectivity index (χ3n) is 3.23. The number of nitrogens with zero attached hydrogens (tertiary/aromatic N) is 2. The van der Waals surface area contributed by atoms with Crippen molar-refractivity contribution in [3.8, 4) is 0 Å². The molecule has 0 saturated carbocycles. The van der Waals surface area contributed by atoms with Gasteiger partial charge in [-0.05, 0) is 39.2 Å². The maximum atomic E-state index is 12.2. The monoisotopic (exact) mass is 237 g/mol. The summed E-state index contributed by atoms with van der Waals surface area (Å²) in [4.78, 5) is 14.1. The predicted octanol–water partition coefficient (Wildman–Crippen LogP) is 1.33. The van der Waals surface area contributed by atoms with Gasteiger partial charge < -0.3 is 15.2 Å². The number of hydrogen-bond acceptors (Lipinski definition) is 4. The highest BCUT2D eigenvalue weighted by Gasteiger charge is 2.28. The largest absolute Gasteiger partial charge is 0.351 e. The number of aryl methyl sites for hydroxylation is 1. The number of amides is 1. The van der Waals surface area contributed by atoms with Gasteiger partial charge in [-0.15, -0.1) is 0 Å². The third kappa shape index (κ3) is 2.66. The second-order valence-corrected chi connectivity index (χ2v) is 4.56. The van der Waals surface area contributed by atoms with Crippen LogP contribution in [0.3, 0.4) is 0 Å². The summed E-state index contributed by atoms with van der Waals surface area (Å²) in [7, 11) is 0. The average molecular weight is 237 g/mol. The van der Waals surface area contributed by atoms with Gasteiger partial charge in [0.1, 0.15) is 0 Å². The lowest BCUT2D eigenvalue weighted by Crippen LogP contribution is -2.44. The number of nitrogens with two attached hydrogens (primary N) is 1. The summed E-state index contributed by atoms with van der Waals surface area (Å²) in [5.41, 5.74) is 6.33. The topological polar surface area (TPSA) is 72.4 Å². The van der Waals surface area contributed by atoms with E-state index in [9.17, 15) is 4.79 Å². The van der Waals surface area contributed by atoms with Gasteiger partial charge in [-0.1, -0.05) is 5.16 Å². The summed E-state index contributed by atoms with van der Waals surface area (Å²) >= 11 is 0. The lowest BCUT2D eigenvalue weighted by molar-refractivity contribution is 0.0563. The molecular formula is C12H19N3O2. The van der Waals surface area contributed by atoms with Crippen molar-refractivity contribution >= 4 is 5.91 Å². The molecular weight excluding hydrogens is 218 g/mol. The van der Waals surface area contributed by atoms with Gasteiger partial charge in [0.05, 0.1) is 5.69 Å². The summed E-state index contributed by atoms with van der Waals surface area (Å²) in [6.45, 7) is 3.22. The van der Waals surface area contributed by atoms with Crippen molar-refractivity contribution < 1.29 is 9.32 Å². The van der Waals surface area contributed by atoms with Crippen LogP contribution in [0, 0.1) is 6.92 Å².